The summed E-state index contributed by atoms with van der Waals surface area (Å²) in [6, 6.07) is 9.60. The van der Waals surface area contributed by atoms with Crippen molar-refractivity contribution in [2.45, 2.75) is 109 Å². The van der Waals surface area contributed by atoms with Crippen LogP contribution in [0.2, 0.25) is 0 Å². The second-order valence-corrected chi connectivity index (χ2v) is 9.71. The molecule has 0 atom stereocenters. The molecule has 1 aromatic carbocycles. The zero-order valence-electron chi connectivity index (χ0n) is 21.7. The number of unbranched alkanes of at least 4 members (excludes halogenated alkanes) is 12. The molecule has 3 N–H and O–H groups in total. The highest BCUT2D eigenvalue weighted by Gasteiger charge is 2.02. The fourth-order valence-electron chi connectivity index (χ4n) is 3.50. The lowest BCUT2D eigenvalue weighted by atomic mass is 10.1. The van der Waals surface area contributed by atoms with E-state index in [2.05, 4.69) is 21.2 Å². The standard InChI is InChI=1S/C18H27NO4.C10H19BrO2/c20-17(21)13-9-4-2-1-3-5-10-14-19-18(22)23-15-16-11-7-6-8-12-16;11-9-7-5-3-1-2-4-6-8-10(12)13/h6-8,11-12H,1-5,9-10,13-15H2,(H,19,22)(H,20,21);1-9H2,(H,12,13). The van der Waals surface area contributed by atoms with Crippen molar-refractivity contribution in [1.82, 2.24) is 5.32 Å². The third kappa shape index (κ3) is 26.5. The molecule has 0 aliphatic rings. The second-order valence-electron chi connectivity index (χ2n) is 8.91. The summed E-state index contributed by atoms with van der Waals surface area (Å²) in [7, 11) is 0. The van der Waals surface area contributed by atoms with Gasteiger partial charge in [-0.05, 0) is 31.2 Å². The lowest BCUT2D eigenvalue weighted by Gasteiger charge is -2.07. The first kappa shape index (κ1) is 33.9. The highest BCUT2D eigenvalue weighted by Crippen LogP contribution is 2.10. The molecule has 0 unspecified atom stereocenters. The summed E-state index contributed by atoms with van der Waals surface area (Å²) >= 11 is 3.39. The van der Waals surface area contributed by atoms with Crippen LogP contribution < -0.4 is 5.32 Å². The van der Waals surface area contributed by atoms with Gasteiger partial charge in [-0.15, -0.1) is 0 Å². The predicted molar refractivity (Wildman–Crippen MR) is 148 cm³/mol. The molecular weight excluding hydrogens is 526 g/mol. The zero-order valence-corrected chi connectivity index (χ0v) is 23.3. The Morgan fingerprint density at radius 3 is 1.58 bits per heavy atom. The summed E-state index contributed by atoms with van der Waals surface area (Å²) in [5.74, 6) is -1.38. The van der Waals surface area contributed by atoms with E-state index in [9.17, 15) is 14.4 Å². The molecule has 0 heterocycles. The molecule has 36 heavy (non-hydrogen) atoms. The smallest absolute Gasteiger partial charge is 0.407 e. The Morgan fingerprint density at radius 2 is 1.11 bits per heavy atom. The number of benzene rings is 1. The van der Waals surface area contributed by atoms with Gasteiger partial charge in [0.1, 0.15) is 6.61 Å². The molecule has 8 heteroatoms. The van der Waals surface area contributed by atoms with Gasteiger partial charge in [-0.3, -0.25) is 9.59 Å². The molecule has 206 valence electrons. The van der Waals surface area contributed by atoms with Crippen LogP contribution in [0.3, 0.4) is 0 Å². The molecular formula is C28H46BrNO6. The number of hydrogen-bond acceptors (Lipinski definition) is 4. The fourth-order valence-corrected chi connectivity index (χ4v) is 3.90. The van der Waals surface area contributed by atoms with Gasteiger partial charge >= 0.3 is 18.0 Å². The number of alkyl halides is 1. The summed E-state index contributed by atoms with van der Waals surface area (Å²) in [4.78, 5) is 32.0. The number of amides is 1. The molecule has 0 bridgehead atoms. The van der Waals surface area contributed by atoms with Crippen LogP contribution in [-0.4, -0.2) is 40.1 Å². The van der Waals surface area contributed by atoms with Gasteiger partial charge in [-0.25, -0.2) is 4.79 Å². The Kier molecular flexibility index (Phi) is 24.5. The van der Waals surface area contributed by atoms with E-state index in [1.54, 1.807) is 0 Å². The van der Waals surface area contributed by atoms with Gasteiger partial charge in [0.25, 0.3) is 0 Å². The summed E-state index contributed by atoms with van der Waals surface area (Å²) in [6.45, 7) is 0.926. The van der Waals surface area contributed by atoms with Gasteiger partial charge in [0.15, 0.2) is 0 Å². The largest absolute Gasteiger partial charge is 0.481 e. The maximum absolute atomic E-state index is 11.5. The van der Waals surface area contributed by atoms with Crippen LogP contribution in [0.15, 0.2) is 30.3 Å². The van der Waals surface area contributed by atoms with E-state index in [1.165, 1.54) is 32.1 Å². The Bertz CT molecular complexity index is 671. The average molecular weight is 573 g/mol. The topological polar surface area (TPSA) is 113 Å². The van der Waals surface area contributed by atoms with Crippen molar-refractivity contribution < 1.29 is 29.3 Å². The number of rotatable bonds is 21. The van der Waals surface area contributed by atoms with Crippen molar-refractivity contribution >= 4 is 34.0 Å². The van der Waals surface area contributed by atoms with E-state index in [0.29, 0.717) is 19.6 Å². The summed E-state index contributed by atoms with van der Waals surface area (Å²) in [5, 5.41) is 20.8. The molecule has 0 radical (unpaired) electrons. The Labute approximate surface area is 225 Å². The average Bonchev–Trinajstić information content (AvgIpc) is 2.86. The van der Waals surface area contributed by atoms with E-state index < -0.39 is 11.9 Å². The first-order valence-electron chi connectivity index (χ1n) is 13.4. The number of hydrogen-bond donors (Lipinski definition) is 3. The Hall–Kier alpha value is -2.09. The van der Waals surface area contributed by atoms with E-state index in [1.807, 2.05) is 30.3 Å². The molecule has 0 fully saturated rings. The van der Waals surface area contributed by atoms with Crippen molar-refractivity contribution in [3.63, 3.8) is 0 Å². The maximum Gasteiger partial charge on any atom is 0.407 e. The number of carbonyl (C=O) groups excluding carboxylic acids is 1. The number of carboxylic acid groups (broad SMARTS) is 2. The SMILES string of the molecule is O=C(O)CCCCCCCCCBr.O=C(O)CCCCCCCCCNC(=O)OCc1ccccc1. The third-order valence-electron chi connectivity index (χ3n) is 5.57. The quantitative estimate of drug-likeness (QED) is 0.103. The van der Waals surface area contributed by atoms with Gasteiger partial charge in [-0.2, -0.15) is 0 Å². The maximum atomic E-state index is 11.5. The first-order valence-corrected chi connectivity index (χ1v) is 14.5. The van der Waals surface area contributed by atoms with Crippen LogP contribution in [0.5, 0.6) is 0 Å². The van der Waals surface area contributed by atoms with Crippen molar-refractivity contribution in [1.29, 1.82) is 0 Å². The van der Waals surface area contributed by atoms with Crippen molar-refractivity contribution in [3.05, 3.63) is 35.9 Å². The highest BCUT2D eigenvalue weighted by atomic mass is 79.9. The van der Waals surface area contributed by atoms with Gasteiger partial charge < -0.3 is 20.3 Å². The number of nitrogens with one attached hydrogen (secondary N) is 1. The third-order valence-corrected chi connectivity index (χ3v) is 6.13. The number of alkyl carbamates (subject to hydrolysis) is 1. The summed E-state index contributed by atoms with van der Waals surface area (Å²) in [6.07, 6.45) is 15.5. The monoisotopic (exact) mass is 571 g/mol. The lowest BCUT2D eigenvalue weighted by molar-refractivity contribution is -0.138. The van der Waals surface area contributed by atoms with Crippen LogP contribution in [0.1, 0.15) is 108 Å². The minimum Gasteiger partial charge on any atom is -0.481 e. The summed E-state index contributed by atoms with van der Waals surface area (Å²) in [5.41, 5.74) is 0.977. The van der Waals surface area contributed by atoms with Gasteiger partial charge in [0, 0.05) is 24.7 Å². The highest BCUT2D eigenvalue weighted by molar-refractivity contribution is 9.09. The van der Waals surface area contributed by atoms with E-state index >= 15 is 0 Å². The second kappa shape index (κ2) is 26.0. The van der Waals surface area contributed by atoms with Crippen molar-refractivity contribution in [2.24, 2.45) is 0 Å². The van der Waals surface area contributed by atoms with Gasteiger partial charge in [0.05, 0.1) is 0 Å². The fraction of sp³-hybridized carbons (Fsp3) is 0.679. The van der Waals surface area contributed by atoms with Gasteiger partial charge in [-0.1, -0.05) is 110 Å². The van der Waals surface area contributed by atoms with E-state index in [0.717, 1.165) is 68.7 Å². The molecule has 0 aromatic heterocycles. The van der Waals surface area contributed by atoms with Crippen LogP contribution in [0.4, 0.5) is 4.79 Å². The molecule has 1 amide bonds. The Balaban J connectivity index is 0.000000802. The minimum absolute atomic E-state index is 0.273. The molecule has 0 aliphatic heterocycles. The van der Waals surface area contributed by atoms with Crippen LogP contribution >= 0.6 is 15.9 Å². The normalized spacial score (nSPS) is 10.2. The molecule has 1 rings (SSSR count). The zero-order chi connectivity index (χ0) is 26.7. The van der Waals surface area contributed by atoms with Gasteiger partial charge in [0.2, 0.25) is 0 Å². The molecule has 0 spiro atoms. The van der Waals surface area contributed by atoms with E-state index in [4.69, 9.17) is 14.9 Å². The van der Waals surface area contributed by atoms with Crippen LogP contribution in [0, 0.1) is 0 Å². The van der Waals surface area contributed by atoms with Crippen molar-refractivity contribution in [3.8, 4) is 0 Å². The molecule has 0 saturated carbocycles. The molecule has 1 aromatic rings. The molecule has 0 saturated heterocycles. The number of aliphatic carboxylic acids is 2. The lowest BCUT2D eigenvalue weighted by Crippen LogP contribution is -2.25. The molecule has 7 nitrogen and oxygen atoms in total. The first-order chi connectivity index (χ1) is 17.5. The van der Waals surface area contributed by atoms with E-state index in [-0.39, 0.29) is 12.5 Å². The minimum atomic E-state index is -0.713. The number of halogens is 1. The van der Waals surface area contributed by atoms with Crippen LogP contribution in [0.25, 0.3) is 0 Å². The molecule has 0 aliphatic carbocycles. The predicted octanol–water partition coefficient (Wildman–Crippen LogP) is 7.70. The Morgan fingerprint density at radius 1 is 0.667 bits per heavy atom. The summed E-state index contributed by atoms with van der Waals surface area (Å²) < 4.78 is 5.12. The van der Waals surface area contributed by atoms with Crippen LogP contribution in [-0.2, 0) is 20.9 Å². The van der Waals surface area contributed by atoms with Crippen molar-refractivity contribution in [2.75, 3.05) is 11.9 Å². The number of carbonyl (C=O) groups is 3. The number of ether oxygens (including phenoxy) is 1. The number of carboxylic acids is 2.